The molecule has 5 nitrogen and oxygen atoms in total. The number of rotatable bonds is 3. The van der Waals surface area contributed by atoms with Crippen LogP contribution in [0.5, 0.6) is 0 Å². The summed E-state index contributed by atoms with van der Waals surface area (Å²) < 4.78 is 5.56. The van der Waals surface area contributed by atoms with Crippen molar-refractivity contribution in [2.24, 2.45) is 10.4 Å². The van der Waals surface area contributed by atoms with Crippen LogP contribution >= 0.6 is 35.7 Å². The van der Waals surface area contributed by atoms with Crippen molar-refractivity contribution in [2.75, 3.05) is 65.5 Å². The van der Waals surface area contributed by atoms with Gasteiger partial charge in [0, 0.05) is 51.2 Å². The van der Waals surface area contributed by atoms with E-state index in [4.69, 9.17) is 4.74 Å². The third-order valence-corrected chi connectivity index (χ3v) is 7.34. The summed E-state index contributed by atoms with van der Waals surface area (Å²) in [6.07, 6.45) is 4.96. The summed E-state index contributed by atoms with van der Waals surface area (Å²) >= 11 is 2.07. The van der Waals surface area contributed by atoms with E-state index in [1.165, 1.54) is 37.2 Å². The second-order valence-corrected chi connectivity index (χ2v) is 8.71. The fourth-order valence-electron chi connectivity index (χ4n) is 4.15. The third kappa shape index (κ3) is 4.32. The maximum atomic E-state index is 5.56. The molecule has 0 aromatic rings. The zero-order valence-corrected chi connectivity index (χ0v) is 18.5. The Hall–Kier alpha value is 0.270. The van der Waals surface area contributed by atoms with Gasteiger partial charge in [-0.05, 0) is 50.9 Å². The standard InChI is InChI=1S/C17H32N4OS.HI/c1-18-15(19-12-17(20(2)3)7-11-23-14-17)21-8-4-16(13-21)5-9-22-10-6-16;/h4-14H2,1-3H3,(H,18,19);1H. The largest absolute Gasteiger partial charge is 0.381 e. The lowest BCUT2D eigenvalue weighted by atomic mass is 9.80. The molecule has 1 unspecified atom stereocenters. The lowest BCUT2D eigenvalue weighted by molar-refractivity contribution is 0.0217. The van der Waals surface area contributed by atoms with Gasteiger partial charge in [-0.1, -0.05) is 0 Å². The quantitative estimate of drug-likeness (QED) is 0.391. The van der Waals surface area contributed by atoms with E-state index in [0.717, 1.165) is 38.8 Å². The van der Waals surface area contributed by atoms with Gasteiger partial charge in [0.15, 0.2) is 5.96 Å². The number of halogens is 1. The molecule has 0 saturated carbocycles. The van der Waals surface area contributed by atoms with Crippen LogP contribution < -0.4 is 5.32 Å². The van der Waals surface area contributed by atoms with E-state index >= 15 is 0 Å². The van der Waals surface area contributed by atoms with Gasteiger partial charge >= 0.3 is 0 Å². The number of nitrogens with one attached hydrogen (secondary N) is 1. The van der Waals surface area contributed by atoms with Crippen LogP contribution in [0.2, 0.25) is 0 Å². The fourth-order valence-corrected chi connectivity index (χ4v) is 5.70. The molecule has 0 amide bonds. The predicted octanol–water partition coefficient (Wildman–Crippen LogP) is 2.12. The van der Waals surface area contributed by atoms with Gasteiger partial charge in [0.25, 0.3) is 0 Å². The molecule has 140 valence electrons. The van der Waals surface area contributed by atoms with Gasteiger partial charge in [-0.15, -0.1) is 24.0 Å². The number of likely N-dealkylation sites (tertiary alicyclic amines) is 1. The smallest absolute Gasteiger partial charge is 0.193 e. The first-order valence-electron chi connectivity index (χ1n) is 8.88. The highest BCUT2D eigenvalue weighted by atomic mass is 127. The molecule has 0 aliphatic carbocycles. The van der Waals surface area contributed by atoms with Crippen LogP contribution in [0.25, 0.3) is 0 Å². The van der Waals surface area contributed by atoms with Gasteiger partial charge in [-0.25, -0.2) is 0 Å². The number of nitrogens with zero attached hydrogens (tertiary/aromatic N) is 3. The second kappa shape index (κ2) is 8.77. The summed E-state index contributed by atoms with van der Waals surface area (Å²) in [6, 6.07) is 0. The lowest BCUT2D eigenvalue weighted by Gasteiger charge is -2.37. The monoisotopic (exact) mass is 468 g/mol. The van der Waals surface area contributed by atoms with Gasteiger partial charge in [0.05, 0.1) is 0 Å². The Labute approximate surface area is 168 Å². The SMILES string of the molecule is CN=C(NCC1(N(C)C)CCSC1)N1CCC2(CCOCC2)C1.I. The summed E-state index contributed by atoms with van der Waals surface area (Å²) in [5, 5.41) is 3.69. The van der Waals surface area contributed by atoms with Crippen LogP contribution in [0, 0.1) is 5.41 Å². The summed E-state index contributed by atoms with van der Waals surface area (Å²) in [5.74, 6) is 3.57. The molecule has 24 heavy (non-hydrogen) atoms. The highest BCUT2D eigenvalue weighted by Crippen LogP contribution is 2.39. The number of likely N-dealkylation sites (N-methyl/N-ethyl adjacent to an activating group) is 1. The molecule has 1 N–H and O–H groups in total. The summed E-state index contributed by atoms with van der Waals surface area (Å²) in [7, 11) is 6.34. The predicted molar refractivity (Wildman–Crippen MR) is 114 cm³/mol. The van der Waals surface area contributed by atoms with Gasteiger partial charge in [0.1, 0.15) is 0 Å². The van der Waals surface area contributed by atoms with Crippen LogP contribution in [0.1, 0.15) is 25.7 Å². The molecule has 7 heteroatoms. The Morgan fingerprint density at radius 2 is 2.00 bits per heavy atom. The summed E-state index contributed by atoms with van der Waals surface area (Å²) in [5.41, 5.74) is 0.745. The third-order valence-electron chi connectivity index (χ3n) is 6.11. The fraction of sp³-hybridized carbons (Fsp3) is 0.941. The molecule has 0 aromatic heterocycles. The second-order valence-electron chi connectivity index (χ2n) is 7.61. The van der Waals surface area contributed by atoms with Crippen LogP contribution in [0.3, 0.4) is 0 Å². The van der Waals surface area contributed by atoms with Crippen molar-refractivity contribution in [3.63, 3.8) is 0 Å². The van der Waals surface area contributed by atoms with Crippen molar-refractivity contribution >= 4 is 41.7 Å². The molecule has 3 aliphatic rings. The van der Waals surface area contributed by atoms with E-state index in [1.807, 2.05) is 7.05 Å². The number of guanidine groups is 1. The van der Waals surface area contributed by atoms with Crippen LogP contribution in [0.15, 0.2) is 4.99 Å². The van der Waals surface area contributed by atoms with E-state index in [9.17, 15) is 0 Å². The molecule has 0 aromatic carbocycles. The van der Waals surface area contributed by atoms with E-state index in [2.05, 4.69) is 46.0 Å². The van der Waals surface area contributed by atoms with Crippen molar-refractivity contribution in [3.8, 4) is 0 Å². The number of ether oxygens (including phenoxy) is 1. The highest BCUT2D eigenvalue weighted by Gasteiger charge is 2.41. The zero-order chi connectivity index (χ0) is 16.3. The van der Waals surface area contributed by atoms with E-state index in [1.54, 1.807) is 0 Å². The molecule has 0 radical (unpaired) electrons. The minimum absolute atomic E-state index is 0. The molecular weight excluding hydrogens is 435 g/mol. The van der Waals surface area contributed by atoms with Crippen molar-refractivity contribution in [1.29, 1.82) is 0 Å². The topological polar surface area (TPSA) is 40.1 Å². The maximum absolute atomic E-state index is 5.56. The first kappa shape index (κ1) is 20.6. The minimum atomic E-state index is 0. The maximum Gasteiger partial charge on any atom is 0.193 e. The number of hydrogen-bond donors (Lipinski definition) is 1. The summed E-state index contributed by atoms with van der Waals surface area (Å²) in [6.45, 7) is 5.12. The number of thioether (sulfide) groups is 1. The number of hydrogen-bond acceptors (Lipinski definition) is 4. The van der Waals surface area contributed by atoms with Crippen molar-refractivity contribution in [3.05, 3.63) is 0 Å². The normalized spacial score (nSPS) is 30.0. The molecule has 3 saturated heterocycles. The molecule has 3 heterocycles. The van der Waals surface area contributed by atoms with Gasteiger partial charge < -0.3 is 19.9 Å². The average Bonchev–Trinajstić information content (AvgIpc) is 3.18. The molecule has 3 fully saturated rings. The molecule has 3 aliphatic heterocycles. The highest BCUT2D eigenvalue weighted by molar-refractivity contribution is 14.0. The van der Waals surface area contributed by atoms with Gasteiger partial charge in [0.2, 0.25) is 0 Å². The molecule has 0 bridgehead atoms. The summed E-state index contributed by atoms with van der Waals surface area (Å²) in [4.78, 5) is 9.44. The van der Waals surface area contributed by atoms with Gasteiger partial charge in [-0.3, -0.25) is 4.99 Å². The van der Waals surface area contributed by atoms with E-state index in [-0.39, 0.29) is 29.5 Å². The molecule has 3 rings (SSSR count). The van der Waals surface area contributed by atoms with Crippen molar-refractivity contribution < 1.29 is 4.74 Å². The molecule has 1 atom stereocenters. The zero-order valence-electron chi connectivity index (χ0n) is 15.3. The Bertz CT molecular complexity index is 434. The van der Waals surface area contributed by atoms with Crippen LogP contribution in [0.4, 0.5) is 0 Å². The average molecular weight is 468 g/mol. The van der Waals surface area contributed by atoms with Crippen molar-refractivity contribution in [1.82, 2.24) is 15.1 Å². The Morgan fingerprint density at radius 1 is 1.25 bits per heavy atom. The van der Waals surface area contributed by atoms with E-state index < -0.39 is 0 Å². The van der Waals surface area contributed by atoms with Crippen LogP contribution in [-0.2, 0) is 4.74 Å². The van der Waals surface area contributed by atoms with Crippen LogP contribution in [-0.4, -0.2) is 86.8 Å². The Morgan fingerprint density at radius 3 is 2.58 bits per heavy atom. The number of aliphatic imine (C=N–C) groups is 1. The molecule has 1 spiro atoms. The lowest BCUT2D eigenvalue weighted by Crippen LogP contribution is -2.55. The van der Waals surface area contributed by atoms with Crippen molar-refractivity contribution in [2.45, 2.75) is 31.2 Å². The van der Waals surface area contributed by atoms with Gasteiger partial charge in [-0.2, -0.15) is 11.8 Å². The Balaban J connectivity index is 0.00000208. The van der Waals surface area contributed by atoms with E-state index in [0.29, 0.717) is 5.41 Å². The first-order valence-corrected chi connectivity index (χ1v) is 10.0. The molecular formula is C17H33IN4OS. The minimum Gasteiger partial charge on any atom is -0.381 e. The first-order chi connectivity index (χ1) is 11.1. The Kier molecular flexibility index (Phi) is 7.52.